The molecule has 0 aromatic rings. The summed E-state index contributed by atoms with van der Waals surface area (Å²) in [6.07, 6.45) is 21.9. The summed E-state index contributed by atoms with van der Waals surface area (Å²) < 4.78 is 6.16. The van der Waals surface area contributed by atoms with Gasteiger partial charge in [-0.2, -0.15) is 0 Å². The Morgan fingerprint density at radius 1 is 0.594 bits per heavy atom. The van der Waals surface area contributed by atoms with E-state index in [9.17, 15) is 4.79 Å². The number of unbranched alkanes of at least 4 members (excludes halogenated alkanes) is 1. The quantitative estimate of drug-likeness (QED) is 0.0679. The molecule has 6 bridgehead atoms. The van der Waals surface area contributed by atoms with Gasteiger partial charge in [-0.05, 0) is 178 Å². The van der Waals surface area contributed by atoms with Crippen LogP contribution in [-0.2, 0) is 62.3 Å². The molecule has 11 aliphatic rings. The van der Waals surface area contributed by atoms with E-state index in [0.717, 1.165) is 44.9 Å². The molecule has 2 saturated heterocycles. The third-order valence-electron chi connectivity index (χ3n) is 25.0. The number of carbonyl (C=O) groups is 12. The second kappa shape index (κ2) is 38.8. The highest BCUT2D eigenvalue weighted by Gasteiger charge is 2.54. The molecule has 0 aromatic carbocycles. The van der Waals surface area contributed by atoms with Crippen LogP contribution < -0.4 is 16.0 Å². The smallest absolute Gasteiger partial charge is 0.248 e. The van der Waals surface area contributed by atoms with Gasteiger partial charge < -0.3 is 64.8 Å². The fourth-order valence-corrected chi connectivity index (χ4v) is 18.1. The summed E-state index contributed by atoms with van der Waals surface area (Å²) in [4.78, 5) is 198. The average molecular weight is 1520 g/mol. The second-order valence-electron chi connectivity index (χ2n) is 32.3. The highest BCUT2D eigenvalue weighted by Crippen LogP contribution is 2.40. The number of piperidine rings is 1. The van der Waals surface area contributed by atoms with E-state index in [1.165, 1.54) is 62.5 Å². The van der Waals surface area contributed by atoms with Crippen molar-refractivity contribution in [1.82, 2.24) is 60.0 Å². The maximum absolute atomic E-state index is 15.9. The molecule has 2 unspecified atom stereocenters. The third kappa shape index (κ3) is 20.6. The molecular formula is C79H124Cl2N12O13. The fourth-order valence-electron chi connectivity index (χ4n) is 17.7. The van der Waals surface area contributed by atoms with E-state index in [-0.39, 0.29) is 99.2 Å². The van der Waals surface area contributed by atoms with Crippen molar-refractivity contribution in [2.24, 2.45) is 23.7 Å². The molecule has 12 atom stereocenters. The first-order valence-electron chi connectivity index (χ1n) is 40.4. The normalized spacial score (nSPS) is 31.5. The van der Waals surface area contributed by atoms with Crippen LogP contribution in [0.4, 0.5) is 0 Å². The van der Waals surface area contributed by atoms with Crippen LogP contribution in [0.3, 0.4) is 0 Å². The van der Waals surface area contributed by atoms with Crippen molar-refractivity contribution in [3.05, 3.63) is 24.3 Å². The van der Waals surface area contributed by atoms with Gasteiger partial charge in [-0.3, -0.25) is 57.5 Å². The number of halogens is 2. The standard InChI is InChI=1S/C79H124Cl2N12O13/c1-10-51(4)68-76(103)92(55-38-39-55)50-67(96)87(7)61-33-18-14-25-44-91(75(61)102)64-45-53-36-34-52(35-37-53)27-16-13-17-32-60(70(97)83-68)86(6)66(95)47-63(74(101)90-42-23-15-24-43-90)88(8)77(104)69(54-28-19-20-29-54)89(9)78(105)79(40-26-41-79)84-71(98)62-46-56(106-12-3)48-93(62)72(99)59(82-65(94)49-85(5)73(64)100)31-22-21-30-58(81)57(80)11-2/h14,16,18,27,51-64,68-69H,10-13,15,17,19-26,28-50H2,1-9H3,(H,82,94)(H,83,97)(H,84,98)/b18-14-,27-16+/t51-,52?,53?,56+,57?,58?,59-,60-,61-,62-,63-,64-,68-,69-/m0/s1. The number of rotatable bonds is 14. The van der Waals surface area contributed by atoms with Crippen LogP contribution in [0.2, 0.25) is 0 Å². The Bertz CT molecular complexity index is 3170. The number of nitrogens with one attached hydrogen (secondary N) is 3. The number of likely N-dealkylation sites (tertiary alicyclic amines) is 1. The molecule has 106 heavy (non-hydrogen) atoms. The number of nitrogens with zero attached hydrogens (tertiary/aromatic N) is 9. The first-order chi connectivity index (χ1) is 50.7. The molecule has 0 aromatic heterocycles. The number of likely N-dealkylation sites (N-methyl/N-ethyl adjacent to an activating group) is 5. The Hall–Kier alpha value is -6.34. The second-order valence-corrected chi connectivity index (χ2v) is 33.4. The van der Waals surface area contributed by atoms with Crippen LogP contribution >= 0.6 is 23.2 Å². The Labute approximate surface area is 639 Å². The predicted octanol–water partition coefficient (Wildman–Crippen LogP) is 7.08. The molecule has 592 valence electrons. The first kappa shape index (κ1) is 83.7. The zero-order valence-electron chi connectivity index (χ0n) is 64.8. The van der Waals surface area contributed by atoms with Gasteiger partial charge in [0, 0.05) is 91.2 Å². The number of fused-ring (bicyclic) bond motifs is 22. The average Bonchev–Trinajstić information content (AvgIpc) is 0.936. The van der Waals surface area contributed by atoms with E-state index < -0.39 is 156 Å². The van der Waals surface area contributed by atoms with Crippen molar-refractivity contribution < 1.29 is 62.3 Å². The lowest BCUT2D eigenvalue weighted by Gasteiger charge is -2.47. The molecule has 4 aliphatic carbocycles. The van der Waals surface area contributed by atoms with Crippen LogP contribution in [0.15, 0.2) is 24.3 Å². The monoisotopic (exact) mass is 1520 g/mol. The molecule has 7 heterocycles. The largest absolute Gasteiger partial charge is 0.377 e. The van der Waals surface area contributed by atoms with E-state index in [1.807, 2.05) is 39.8 Å². The Morgan fingerprint density at radius 3 is 1.94 bits per heavy atom. The topological polar surface area (TPSA) is 279 Å². The summed E-state index contributed by atoms with van der Waals surface area (Å²) in [5.41, 5.74) is -1.50. The maximum atomic E-state index is 15.9. The van der Waals surface area contributed by atoms with E-state index in [2.05, 4.69) is 28.1 Å². The zero-order valence-corrected chi connectivity index (χ0v) is 66.3. The fraction of sp³-hybridized carbons (Fsp3) is 0.797. The summed E-state index contributed by atoms with van der Waals surface area (Å²) in [6, 6.07) is -9.71. The Balaban J connectivity index is 1.15. The van der Waals surface area contributed by atoms with Crippen molar-refractivity contribution in [2.75, 3.05) is 81.1 Å². The van der Waals surface area contributed by atoms with Crippen molar-refractivity contribution in [3.8, 4) is 0 Å². The molecule has 6 fully saturated rings. The van der Waals surface area contributed by atoms with E-state index >= 15 is 52.7 Å². The van der Waals surface area contributed by atoms with Gasteiger partial charge in [0.2, 0.25) is 70.9 Å². The minimum absolute atomic E-state index is 0.0189. The van der Waals surface area contributed by atoms with Crippen LogP contribution in [0.1, 0.15) is 220 Å². The molecular weight excluding hydrogens is 1400 g/mol. The third-order valence-corrected chi connectivity index (χ3v) is 26.2. The van der Waals surface area contributed by atoms with Gasteiger partial charge in [0.1, 0.15) is 60.4 Å². The minimum atomic E-state index is -1.50. The van der Waals surface area contributed by atoms with E-state index in [1.54, 1.807) is 16.8 Å². The molecule has 7 aliphatic heterocycles. The zero-order chi connectivity index (χ0) is 76.7. The molecule has 3 N–H and O–H groups in total. The van der Waals surface area contributed by atoms with Gasteiger partial charge in [0.05, 0.1) is 19.1 Å². The summed E-state index contributed by atoms with van der Waals surface area (Å²) in [6.45, 7) is 7.77. The number of carbonyl (C=O) groups excluding carboxylic acids is 12. The van der Waals surface area contributed by atoms with Gasteiger partial charge >= 0.3 is 0 Å². The number of ether oxygens (including phenoxy) is 1. The van der Waals surface area contributed by atoms with Crippen molar-refractivity contribution in [1.29, 1.82) is 0 Å². The summed E-state index contributed by atoms with van der Waals surface area (Å²) in [5, 5.41) is 8.55. The minimum Gasteiger partial charge on any atom is -0.377 e. The van der Waals surface area contributed by atoms with Crippen molar-refractivity contribution in [2.45, 2.75) is 297 Å². The van der Waals surface area contributed by atoms with Gasteiger partial charge in [0.25, 0.3) is 0 Å². The van der Waals surface area contributed by atoms with Gasteiger partial charge in [-0.25, -0.2) is 0 Å². The highest BCUT2D eigenvalue weighted by atomic mass is 35.5. The van der Waals surface area contributed by atoms with Crippen molar-refractivity contribution >= 4 is 94.1 Å². The lowest BCUT2D eigenvalue weighted by Crippen LogP contribution is -2.68. The molecule has 1 spiro atoms. The van der Waals surface area contributed by atoms with Gasteiger partial charge in [-0.15, -0.1) is 23.2 Å². The molecule has 0 radical (unpaired) electrons. The summed E-state index contributed by atoms with van der Waals surface area (Å²) in [7, 11) is 7.63. The van der Waals surface area contributed by atoms with Gasteiger partial charge in [0.15, 0.2) is 0 Å². The van der Waals surface area contributed by atoms with E-state index in [0.29, 0.717) is 109 Å². The highest BCUT2D eigenvalue weighted by molar-refractivity contribution is 6.30. The lowest BCUT2D eigenvalue weighted by molar-refractivity contribution is -0.158. The first-order valence-corrected chi connectivity index (χ1v) is 41.2. The molecule has 11 rings (SSSR count). The van der Waals surface area contributed by atoms with Crippen molar-refractivity contribution in [3.63, 3.8) is 0 Å². The van der Waals surface area contributed by atoms with Crippen LogP contribution in [0, 0.1) is 23.7 Å². The Kier molecular flexibility index (Phi) is 30.7. The molecule has 25 nitrogen and oxygen atoms in total. The van der Waals surface area contributed by atoms with Crippen LogP contribution in [0.25, 0.3) is 0 Å². The number of alkyl halides is 2. The molecule has 27 heteroatoms. The molecule has 4 saturated carbocycles. The number of allylic oxidation sites excluding steroid dienone is 2. The predicted molar refractivity (Wildman–Crippen MR) is 404 cm³/mol. The number of hydrogen-bond acceptors (Lipinski definition) is 13. The van der Waals surface area contributed by atoms with Gasteiger partial charge in [-0.1, -0.05) is 77.2 Å². The number of amides is 12. The van der Waals surface area contributed by atoms with Crippen LogP contribution in [-0.4, -0.2) is 273 Å². The van der Waals surface area contributed by atoms with E-state index in [4.69, 9.17) is 27.9 Å². The summed E-state index contributed by atoms with van der Waals surface area (Å²) in [5.74, 6) is -7.18. The Morgan fingerprint density at radius 2 is 1.29 bits per heavy atom. The maximum Gasteiger partial charge on any atom is 0.248 e. The summed E-state index contributed by atoms with van der Waals surface area (Å²) >= 11 is 13.3. The van der Waals surface area contributed by atoms with Crippen LogP contribution in [0.5, 0.6) is 0 Å². The number of hydrogen-bond donors (Lipinski definition) is 3. The SMILES string of the molecule is CCO[C@@H]1C[C@H]2C(=O)NC3(CCC3)C(=O)N(C)[C@@H](C3CCCC3)C(=O)N(C)[C@H](C(=O)N3CCCCC3)CC(=O)N(C)[C@H]3CCC/C=C/C4CCC(CC4)C[C@@H](C(=O)N(C)CC(=O)N[C@@H](CCCCC(Cl)C(Cl)CC)C(=O)N2C1)N1CC/C=C\C[C@@H](C1=O)N(C)C(=O)CN(C1CC1)C(=O)[C@H]([C@@H](C)CC)NC3=O. The lowest BCUT2D eigenvalue weighted by atomic mass is 9.74. The molecule has 12 amide bonds.